The Morgan fingerprint density at radius 3 is 2.70 bits per heavy atom. The van der Waals surface area contributed by atoms with Gasteiger partial charge in [-0.1, -0.05) is 22.9 Å². The third-order valence-electron chi connectivity index (χ3n) is 3.82. The molecule has 1 heterocycles. The van der Waals surface area contributed by atoms with Crippen molar-refractivity contribution >= 4 is 21.6 Å². The largest absolute Gasteiger partial charge is 0.418 e. The van der Waals surface area contributed by atoms with E-state index in [-0.39, 0.29) is 11.7 Å². The van der Waals surface area contributed by atoms with Crippen molar-refractivity contribution in [2.24, 2.45) is 11.7 Å². The lowest BCUT2D eigenvalue weighted by Crippen LogP contribution is -2.47. The number of piperidine rings is 1. The van der Waals surface area contributed by atoms with Crippen LogP contribution in [0.2, 0.25) is 0 Å². The molecule has 0 amide bonds. The van der Waals surface area contributed by atoms with Gasteiger partial charge in [-0.25, -0.2) is 0 Å². The summed E-state index contributed by atoms with van der Waals surface area (Å²) in [7, 11) is 0. The van der Waals surface area contributed by atoms with Crippen molar-refractivity contribution in [3.63, 3.8) is 0 Å². The predicted molar refractivity (Wildman–Crippen MR) is 77.7 cm³/mol. The monoisotopic (exact) mass is 350 g/mol. The predicted octanol–water partition coefficient (Wildman–Crippen LogP) is 4.03. The van der Waals surface area contributed by atoms with E-state index in [2.05, 4.69) is 22.9 Å². The minimum absolute atomic E-state index is 0.0268. The van der Waals surface area contributed by atoms with E-state index in [1.807, 2.05) is 4.90 Å². The summed E-state index contributed by atoms with van der Waals surface area (Å²) in [5.74, 6) is 0.504. The lowest BCUT2D eigenvalue weighted by atomic mass is 9.91. The van der Waals surface area contributed by atoms with Gasteiger partial charge >= 0.3 is 6.18 Å². The summed E-state index contributed by atoms with van der Waals surface area (Å²) in [6, 6.07) is 4.30. The van der Waals surface area contributed by atoms with E-state index in [1.54, 1.807) is 6.07 Å². The van der Waals surface area contributed by atoms with Crippen LogP contribution in [0.5, 0.6) is 0 Å². The van der Waals surface area contributed by atoms with Crippen LogP contribution >= 0.6 is 15.9 Å². The topological polar surface area (TPSA) is 29.3 Å². The molecule has 6 heteroatoms. The molecule has 20 heavy (non-hydrogen) atoms. The summed E-state index contributed by atoms with van der Waals surface area (Å²) >= 11 is 3.11. The fourth-order valence-electron chi connectivity index (χ4n) is 2.78. The molecule has 0 bridgehead atoms. The molecule has 1 aromatic rings. The van der Waals surface area contributed by atoms with E-state index in [1.165, 1.54) is 6.07 Å². The minimum Gasteiger partial charge on any atom is -0.367 e. The number of nitrogens with zero attached hydrogens (tertiary/aromatic N) is 1. The van der Waals surface area contributed by atoms with Crippen LogP contribution in [0.25, 0.3) is 0 Å². The normalized spacial score (nSPS) is 24.0. The van der Waals surface area contributed by atoms with Crippen molar-refractivity contribution in [1.29, 1.82) is 0 Å². The van der Waals surface area contributed by atoms with Crippen molar-refractivity contribution in [2.45, 2.75) is 32.0 Å². The average Bonchev–Trinajstić information content (AvgIpc) is 2.38. The second-order valence-corrected chi connectivity index (χ2v) is 6.29. The molecule has 2 rings (SSSR count). The van der Waals surface area contributed by atoms with Gasteiger partial charge in [-0.2, -0.15) is 13.2 Å². The second-order valence-electron chi connectivity index (χ2n) is 5.37. The molecule has 0 aromatic heterocycles. The fraction of sp³-hybridized carbons (Fsp3) is 0.571. The standard InChI is InChI=1S/C14H18BrF3N2/c1-9-4-5-20(11(6-9)8-19)13-3-2-10(15)7-12(13)14(16,17)18/h2-3,7,9,11H,4-6,8,19H2,1H3. The molecule has 112 valence electrons. The quantitative estimate of drug-likeness (QED) is 0.872. The Balaban J connectivity index is 2.41. The highest BCUT2D eigenvalue weighted by atomic mass is 79.9. The summed E-state index contributed by atoms with van der Waals surface area (Å²) in [5.41, 5.74) is 5.39. The van der Waals surface area contributed by atoms with Crippen molar-refractivity contribution in [2.75, 3.05) is 18.0 Å². The van der Waals surface area contributed by atoms with Gasteiger partial charge in [0, 0.05) is 29.3 Å². The van der Waals surface area contributed by atoms with E-state index >= 15 is 0 Å². The lowest BCUT2D eigenvalue weighted by molar-refractivity contribution is -0.137. The van der Waals surface area contributed by atoms with Crippen LogP contribution in [0.1, 0.15) is 25.3 Å². The Kier molecular flexibility index (Phi) is 4.64. The highest BCUT2D eigenvalue weighted by Crippen LogP contribution is 2.40. The first-order valence-corrected chi connectivity index (χ1v) is 7.45. The summed E-state index contributed by atoms with van der Waals surface area (Å²) in [6.07, 6.45) is -2.63. The number of nitrogens with two attached hydrogens (primary N) is 1. The number of rotatable bonds is 2. The molecule has 0 spiro atoms. The first kappa shape index (κ1) is 15.6. The van der Waals surface area contributed by atoms with Crippen LogP contribution in [0, 0.1) is 5.92 Å². The highest BCUT2D eigenvalue weighted by molar-refractivity contribution is 9.10. The molecule has 1 saturated heterocycles. The molecule has 1 aliphatic heterocycles. The molecule has 1 fully saturated rings. The zero-order valence-electron chi connectivity index (χ0n) is 11.3. The highest BCUT2D eigenvalue weighted by Gasteiger charge is 2.37. The van der Waals surface area contributed by atoms with Crippen molar-refractivity contribution in [1.82, 2.24) is 0 Å². The molecule has 0 saturated carbocycles. The number of alkyl halides is 3. The number of halogens is 4. The van der Waals surface area contributed by atoms with Gasteiger partial charge in [0.1, 0.15) is 0 Å². The Labute approximate surface area is 125 Å². The van der Waals surface area contributed by atoms with Crippen LogP contribution < -0.4 is 10.6 Å². The van der Waals surface area contributed by atoms with E-state index < -0.39 is 11.7 Å². The van der Waals surface area contributed by atoms with Crippen LogP contribution in [0.3, 0.4) is 0 Å². The smallest absolute Gasteiger partial charge is 0.367 e. The SMILES string of the molecule is CC1CCN(c2ccc(Br)cc2C(F)(F)F)C(CN)C1. The summed E-state index contributed by atoms with van der Waals surface area (Å²) < 4.78 is 40.1. The van der Waals surface area contributed by atoms with Crippen LogP contribution in [-0.2, 0) is 6.18 Å². The van der Waals surface area contributed by atoms with Gasteiger partial charge < -0.3 is 10.6 Å². The van der Waals surface area contributed by atoms with Gasteiger partial charge in [-0.3, -0.25) is 0 Å². The van der Waals surface area contributed by atoms with E-state index in [9.17, 15) is 13.2 Å². The van der Waals surface area contributed by atoms with Crippen LogP contribution in [0.15, 0.2) is 22.7 Å². The second kappa shape index (κ2) is 5.93. The van der Waals surface area contributed by atoms with Gasteiger partial charge in [-0.05, 0) is 37.0 Å². The summed E-state index contributed by atoms with van der Waals surface area (Å²) in [6.45, 7) is 3.11. The van der Waals surface area contributed by atoms with E-state index in [4.69, 9.17) is 5.73 Å². The average molecular weight is 351 g/mol. The molecule has 0 radical (unpaired) electrons. The van der Waals surface area contributed by atoms with Gasteiger partial charge in [0.15, 0.2) is 0 Å². The van der Waals surface area contributed by atoms with Crippen LogP contribution in [-0.4, -0.2) is 19.1 Å². The maximum Gasteiger partial charge on any atom is 0.418 e. The molecule has 1 aromatic carbocycles. The Morgan fingerprint density at radius 2 is 2.10 bits per heavy atom. The Hall–Kier alpha value is -0.750. The zero-order valence-corrected chi connectivity index (χ0v) is 12.8. The third-order valence-corrected chi connectivity index (χ3v) is 4.32. The molecule has 0 aliphatic carbocycles. The van der Waals surface area contributed by atoms with Crippen molar-refractivity contribution in [3.05, 3.63) is 28.2 Å². The molecule has 2 N–H and O–H groups in total. The zero-order chi connectivity index (χ0) is 14.9. The molecular formula is C14H18BrF3N2. The number of benzene rings is 1. The van der Waals surface area contributed by atoms with E-state index in [0.717, 1.165) is 18.9 Å². The van der Waals surface area contributed by atoms with Crippen molar-refractivity contribution in [3.8, 4) is 0 Å². The van der Waals surface area contributed by atoms with Gasteiger partial charge in [0.25, 0.3) is 0 Å². The molecule has 2 unspecified atom stereocenters. The Bertz CT molecular complexity index is 476. The third kappa shape index (κ3) is 3.28. The molecule has 1 aliphatic rings. The first-order chi connectivity index (χ1) is 9.32. The fourth-order valence-corrected chi connectivity index (χ4v) is 3.14. The van der Waals surface area contributed by atoms with Gasteiger partial charge in [0.05, 0.1) is 5.56 Å². The van der Waals surface area contributed by atoms with Crippen LogP contribution in [0.4, 0.5) is 18.9 Å². The number of anilines is 1. The van der Waals surface area contributed by atoms with Crippen molar-refractivity contribution < 1.29 is 13.2 Å². The molecular weight excluding hydrogens is 333 g/mol. The molecule has 2 nitrogen and oxygen atoms in total. The summed E-state index contributed by atoms with van der Waals surface area (Å²) in [5, 5.41) is 0. The lowest BCUT2D eigenvalue weighted by Gasteiger charge is -2.40. The van der Waals surface area contributed by atoms with E-state index in [0.29, 0.717) is 23.5 Å². The van der Waals surface area contributed by atoms with Gasteiger partial charge in [0.2, 0.25) is 0 Å². The maximum absolute atomic E-state index is 13.2. The minimum atomic E-state index is -4.36. The molecule has 2 atom stereocenters. The maximum atomic E-state index is 13.2. The number of hydrogen-bond donors (Lipinski definition) is 1. The summed E-state index contributed by atoms with van der Waals surface area (Å²) in [4.78, 5) is 1.81. The Morgan fingerprint density at radius 1 is 1.40 bits per heavy atom. The van der Waals surface area contributed by atoms with Gasteiger partial charge in [-0.15, -0.1) is 0 Å². The number of hydrogen-bond acceptors (Lipinski definition) is 2. The first-order valence-electron chi connectivity index (χ1n) is 6.66.